The lowest BCUT2D eigenvalue weighted by Crippen LogP contribution is -2.67. The van der Waals surface area contributed by atoms with E-state index in [2.05, 4.69) is 102 Å². The Kier molecular flexibility index (Phi) is 8.82. The zero-order valence-electron chi connectivity index (χ0n) is 22.8. The minimum absolute atomic E-state index is 0.0421. The summed E-state index contributed by atoms with van der Waals surface area (Å²) in [6.45, 7) is 19.8. The monoisotopic (exact) mass is 496 g/mol. The van der Waals surface area contributed by atoms with Gasteiger partial charge in [-0.05, 0) is 29.3 Å². The van der Waals surface area contributed by atoms with Crippen molar-refractivity contribution in [3.8, 4) is 0 Å². The molecule has 3 rings (SSSR count). The maximum absolute atomic E-state index is 7.21. The number of rotatable bonds is 9. The van der Waals surface area contributed by atoms with Crippen LogP contribution in [-0.2, 0) is 18.6 Å². The molecule has 0 bridgehead atoms. The second-order valence-corrected chi connectivity index (χ2v) is 15.6. The molecule has 192 valence electrons. The highest BCUT2D eigenvalue weighted by Crippen LogP contribution is 2.40. The number of benzene rings is 2. The molecular formula is C30H44O4Si. The van der Waals surface area contributed by atoms with Gasteiger partial charge in [-0.2, -0.15) is 0 Å². The van der Waals surface area contributed by atoms with Crippen molar-refractivity contribution >= 4 is 18.7 Å². The van der Waals surface area contributed by atoms with Crippen LogP contribution in [0, 0.1) is 11.8 Å². The summed E-state index contributed by atoms with van der Waals surface area (Å²) < 4.78 is 25.7. The van der Waals surface area contributed by atoms with Crippen LogP contribution in [0.15, 0.2) is 73.3 Å². The van der Waals surface area contributed by atoms with Crippen molar-refractivity contribution in [3.05, 3.63) is 73.3 Å². The van der Waals surface area contributed by atoms with Crippen LogP contribution in [0.4, 0.5) is 0 Å². The summed E-state index contributed by atoms with van der Waals surface area (Å²) in [4.78, 5) is 0. The summed E-state index contributed by atoms with van der Waals surface area (Å²) in [5, 5.41) is 2.51. The van der Waals surface area contributed by atoms with Crippen LogP contribution in [0.2, 0.25) is 5.04 Å². The second kappa shape index (κ2) is 11.1. The van der Waals surface area contributed by atoms with Crippen LogP contribution < -0.4 is 10.4 Å². The predicted molar refractivity (Wildman–Crippen MR) is 147 cm³/mol. The van der Waals surface area contributed by atoms with Gasteiger partial charge in [0, 0.05) is 25.6 Å². The molecule has 1 heterocycles. The van der Waals surface area contributed by atoms with E-state index in [0.717, 1.165) is 0 Å². The van der Waals surface area contributed by atoms with Crippen molar-refractivity contribution in [1.82, 2.24) is 0 Å². The first kappa shape index (κ1) is 27.8. The molecule has 0 aliphatic carbocycles. The fourth-order valence-corrected chi connectivity index (χ4v) is 10.2. The molecule has 1 aliphatic rings. The molecule has 4 nitrogen and oxygen atoms in total. The van der Waals surface area contributed by atoms with Gasteiger partial charge in [-0.25, -0.2) is 0 Å². The number of methoxy groups -OCH3 is 1. The van der Waals surface area contributed by atoms with E-state index >= 15 is 0 Å². The fraction of sp³-hybridized carbons (Fsp3) is 0.533. The van der Waals surface area contributed by atoms with E-state index in [4.69, 9.17) is 18.6 Å². The van der Waals surface area contributed by atoms with Crippen LogP contribution in [0.5, 0.6) is 0 Å². The Morgan fingerprint density at radius 2 is 1.46 bits per heavy atom. The van der Waals surface area contributed by atoms with Gasteiger partial charge in [0.1, 0.15) is 6.10 Å². The van der Waals surface area contributed by atoms with Crippen LogP contribution in [0.25, 0.3) is 0 Å². The van der Waals surface area contributed by atoms with E-state index < -0.39 is 14.1 Å². The Balaban J connectivity index is 1.96. The molecule has 1 fully saturated rings. The van der Waals surface area contributed by atoms with Crippen molar-refractivity contribution in [1.29, 1.82) is 0 Å². The Hall–Kier alpha value is -1.76. The van der Waals surface area contributed by atoms with E-state index in [9.17, 15) is 0 Å². The predicted octanol–water partition coefficient (Wildman–Crippen LogP) is 5.56. The Bertz CT molecular complexity index is 898. The Morgan fingerprint density at radius 3 is 1.89 bits per heavy atom. The molecule has 0 radical (unpaired) electrons. The first-order chi connectivity index (χ1) is 16.5. The SMILES string of the molecule is C=C[C@@H](OC)[C@H]1OC(C)(C)O[C@@H]([C@H](C)CO[Si](c2ccccc2)(c2ccccc2)C(C)(C)C)[C@@H]1C. The van der Waals surface area contributed by atoms with Gasteiger partial charge in [0.2, 0.25) is 0 Å². The van der Waals surface area contributed by atoms with Gasteiger partial charge in [-0.1, -0.05) is 101 Å². The van der Waals surface area contributed by atoms with Gasteiger partial charge < -0.3 is 18.6 Å². The average molecular weight is 497 g/mol. The maximum atomic E-state index is 7.21. The molecule has 1 saturated heterocycles. The number of hydrogen-bond donors (Lipinski definition) is 0. The lowest BCUT2D eigenvalue weighted by atomic mass is 9.85. The third-order valence-corrected chi connectivity index (χ3v) is 12.2. The van der Waals surface area contributed by atoms with Gasteiger partial charge in [0.15, 0.2) is 5.79 Å². The topological polar surface area (TPSA) is 36.9 Å². The lowest BCUT2D eigenvalue weighted by molar-refractivity contribution is -0.338. The summed E-state index contributed by atoms with van der Waals surface area (Å²) in [6, 6.07) is 21.6. The summed E-state index contributed by atoms with van der Waals surface area (Å²) in [6.07, 6.45) is 1.45. The summed E-state index contributed by atoms with van der Waals surface area (Å²) in [5.74, 6) is -0.448. The van der Waals surface area contributed by atoms with Crippen LogP contribution in [0.3, 0.4) is 0 Å². The highest BCUT2D eigenvalue weighted by atomic mass is 28.4. The minimum Gasteiger partial charge on any atom is -0.407 e. The standard InChI is InChI=1S/C30H44O4Si/c1-10-26(31-9)28-23(3)27(33-30(7,8)34-28)22(2)21-32-35(29(4,5)6,24-17-13-11-14-18-24)25-19-15-12-16-20-25/h10-20,22-23,26-28H,1,21H2,2-9H3/t22-,23+,26-,27+,28+/m1/s1. The van der Waals surface area contributed by atoms with E-state index in [1.165, 1.54) is 10.4 Å². The van der Waals surface area contributed by atoms with Crippen molar-refractivity contribution in [2.24, 2.45) is 11.8 Å². The highest BCUT2D eigenvalue weighted by Gasteiger charge is 2.51. The van der Waals surface area contributed by atoms with E-state index in [1.54, 1.807) is 7.11 Å². The number of hydrogen-bond acceptors (Lipinski definition) is 4. The van der Waals surface area contributed by atoms with Crippen molar-refractivity contribution in [2.45, 2.75) is 77.6 Å². The molecule has 0 saturated carbocycles. The van der Waals surface area contributed by atoms with Gasteiger partial charge in [-0.3, -0.25) is 0 Å². The smallest absolute Gasteiger partial charge is 0.261 e. The third kappa shape index (κ3) is 5.81. The molecule has 5 atom stereocenters. The molecule has 2 aromatic carbocycles. The van der Waals surface area contributed by atoms with Crippen molar-refractivity contribution in [3.63, 3.8) is 0 Å². The molecule has 0 unspecified atom stereocenters. The third-order valence-electron chi connectivity index (χ3n) is 7.24. The zero-order chi connectivity index (χ0) is 25.9. The van der Waals surface area contributed by atoms with Crippen LogP contribution in [0.1, 0.15) is 48.5 Å². The molecule has 5 heteroatoms. The molecular weight excluding hydrogens is 452 g/mol. The summed E-state index contributed by atoms with van der Waals surface area (Å²) >= 11 is 0. The van der Waals surface area contributed by atoms with E-state index in [1.807, 2.05) is 19.9 Å². The highest BCUT2D eigenvalue weighted by molar-refractivity contribution is 6.99. The first-order valence-corrected chi connectivity index (χ1v) is 14.6. The Labute approximate surface area is 213 Å². The first-order valence-electron chi connectivity index (χ1n) is 12.7. The molecule has 35 heavy (non-hydrogen) atoms. The normalized spacial score (nSPS) is 24.5. The number of ether oxygens (including phenoxy) is 3. The summed E-state index contributed by atoms with van der Waals surface area (Å²) in [7, 11) is -0.910. The Morgan fingerprint density at radius 1 is 0.971 bits per heavy atom. The van der Waals surface area contributed by atoms with E-state index in [0.29, 0.717) is 6.61 Å². The minimum atomic E-state index is -2.61. The van der Waals surface area contributed by atoms with Crippen molar-refractivity contribution in [2.75, 3.05) is 13.7 Å². The summed E-state index contributed by atoms with van der Waals surface area (Å²) in [5.41, 5.74) is 0. The van der Waals surface area contributed by atoms with Gasteiger partial charge in [-0.15, -0.1) is 6.58 Å². The molecule has 0 amide bonds. The molecule has 1 aliphatic heterocycles. The largest absolute Gasteiger partial charge is 0.407 e. The molecule has 0 spiro atoms. The van der Waals surface area contributed by atoms with Crippen molar-refractivity contribution < 1.29 is 18.6 Å². The molecule has 2 aromatic rings. The van der Waals surface area contributed by atoms with E-state index in [-0.39, 0.29) is 35.2 Å². The molecule has 0 N–H and O–H groups in total. The lowest BCUT2D eigenvalue weighted by Gasteiger charge is -2.49. The van der Waals surface area contributed by atoms with Crippen LogP contribution in [-0.4, -0.2) is 46.1 Å². The van der Waals surface area contributed by atoms with Gasteiger partial charge in [0.25, 0.3) is 8.32 Å². The average Bonchev–Trinajstić information content (AvgIpc) is 2.82. The van der Waals surface area contributed by atoms with Gasteiger partial charge in [0.05, 0.1) is 12.2 Å². The fourth-order valence-electron chi connectivity index (χ4n) is 5.56. The van der Waals surface area contributed by atoms with Gasteiger partial charge >= 0.3 is 0 Å². The van der Waals surface area contributed by atoms with Crippen LogP contribution >= 0.6 is 0 Å². The second-order valence-electron chi connectivity index (χ2n) is 11.3. The maximum Gasteiger partial charge on any atom is 0.261 e. The zero-order valence-corrected chi connectivity index (χ0v) is 23.8. The molecule has 0 aromatic heterocycles. The quantitative estimate of drug-likeness (QED) is 0.337.